The Balaban J connectivity index is 3.13. The van der Waals surface area contributed by atoms with Crippen molar-refractivity contribution in [3.05, 3.63) is 29.7 Å². The van der Waals surface area contributed by atoms with E-state index in [1.807, 2.05) is 25.1 Å². The van der Waals surface area contributed by atoms with Gasteiger partial charge in [0.25, 0.3) is 0 Å². The van der Waals surface area contributed by atoms with Gasteiger partial charge >= 0.3 is 0 Å². The smallest absolute Gasteiger partial charge is 0.164 e. The molecule has 0 aliphatic rings. The fourth-order valence-corrected chi connectivity index (χ4v) is 1.36. The lowest BCUT2D eigenvalue weighted by Gasteiger charge is -2.15. The maximum Gasteiger partial charge on any atom is 0.164 e. The van der Waals surface area contributed by atoms with Gasteiger partial charge in [-0.05, 0) is 13.0 Å². The summed E-state index contributed by atoms with van der Waals surface area (Å²) >= 11 is 0. The first-order valence-corrected chi connectivity index (χ1v) is 4.81. The summed E-state index contributed by atoms with van der Waals surface area (Å²) in [5.41, 5.74) is 1.12. The van der Waals surface area contributed by atoms with Crippen LogP contribution in [0, 0.1) is 5.92 Å². The molecule has 1 rings (SSSR count). The van der Waals surface area contributed by atoms with Crippen molar-refractivity contribution in [2.24, 2.45) is 0 Å². The molecule has 0 bridgehead atoms. The van der Waals surface area contributed by atoms with E-state index in [0.717, 1.165) is 17.1 Å². The van der Waals surface area contributed by atoms with Gasteiger partial charge in [-0.2, -0.15) is 0 Å². The van der Waals surface area contributed by atoms with Crippen LogP contribution in [0.2, 0.25) is 0 Å². The van der Waals surface area contributed by atoms with Crippen LogP contribution in [0.25, 0.3) is 0 Å². The lowest BCUT2D eigenvalue weighted by atomic mass is 10.0. The van der Waals surface area contributed by atoms with Crippen LogP contribution in [0.1, 0.15) is 26.3 Å². The summed E-state index contributed by atoms with van der Waals surface area (Å²) in [6.45, 7) is 6.76. The normalized spacial score (nSPS) is 10.4. The van der Waals surface area contributed by atoms with E-state index in [0.29, 0.717) is 6.61 Å². The lowest BCUT2D eigenvalue weighted by molar-refractivity contribution is 0.308. The van der Waals surface area contributed by atoms with Gasteiger partial charge in [0.1, 0.15) is 0 Å². The zero-order valence-corrected chi connectivity index (χ0v) is 9.26. The second-order valence-corrected chi connectivity index (χ2v) is 3.27. The Morgan fingerprint density at radius 2 is 2.00 bits per heavy atom. The molecule has 0 aliphatic heterocycles. The molecule has 2 nitrogen and oxygen atoms in total. The molecule has 0 saturated carbocycles. The second-order valence-electron chi connectivity index (χ2n) is 3.27. The predicted octanol–water partition coefficient (Wildman–Crippen LogP) is 3.06. The summed E-state index contributed by atoms with van der Waals surface area (Å²) in [6, 6.07) is 5.93. The van der Waals surface area contributed by atoms with E-state index >= 15 is 0 Å². The van der Waals surface area contributed by atoms with Crippen LogP contribution in [0.3, 0.4) is 0 Å². The van der Waals surface area contributed by atoms with Crippen LogP contribution in [0.4, 0.5) is 0 Å². The Labute approximate surface area is 85.8 Å². The van der Waals surface area contributed by atoms with Crippen molar-refractivity contribution in [1.29, 1.82) is 0 Å². The molecule has 77 valence electrons. The molecule has 1 aromatic carbocycles. The third kappa shape index (κ3) is 2.19. The maximum atomic E-state index is 5.57. The maximum absolute atomic E-state index is 5.57. The number of hydrogen-bond acceptors (Lipinski definition) is 2. The van der Waals surface area contributed by atoms with Crippen molar-refractivity contribution in [2.75, 3.05) is 13.7 Å². The number of ether oxygens (including phenoxy) is 2. The van der Waals surface area contributed by atoms with Crippen LogP contribution < -0.4 is 9.47 Å². The van der Waals surface area contributed by atoms with Crippen molar-refractivity contribution >= 4 is 0 Å². The average molecular weight is 193 g/mol. The second kappa shape index (κ2) is 4.89. The van der Waals surface area contributed by atoms with Gasteiger partial charge in [-0.25, -0.2) is 0 Å². The largest absolute Gasteiger partial charge is 0.493 e. The fraction of sp³-hybridized carbons (Fsp3) is 0.417. The van der Waals surface area contributed by atoms with Crippen molar-refractivity contribution in [2.45, 2.75) is 20.8 Å². The molecule has 0 amide bonds. The molecule has 0 aromatic heterocycles. The lowest BCUT2D eigenvalue weighted by Crippen LogP contribution is -2.01. The van der Waals surface area contributed by atoms with Gasteiger partial charge in [0.2, 0.25) is 0 Å². The zero-order chi connectivity index (χ0) is 10.6. The number of benzene rings is 1. The monoisotopic (exact) mass is 193 g/mol. The molecule has 0 saturated heterocycles. The Kier molecular flexibility index (Phi) is 3.81. The molecule has 2 heteroatoms. The molecule has 0 spiro atoms. The van der Waals surface area contributed by atoms with Gasteiger partial charge in [-0.3, -0.25) is 0 Å². The van der Waals surface area contributed by atoms with Gasteiger partial charge in [0.05, 0.1) is 13.7 Å². The minimum Gasteiger partial charge on any atom is -0.493 e. The van der Waals surface area contributed by atoms with E-state index in [9.17, 15) is 0 Å². The average Bonchev–Trinajstić information content (AvgIpc) is 2.18. The molecule has 1 aromatic rings. The number of methoxy groups -OCH3 is 1. The van der Waals surface area contributed by atoms with E-state index in [2.05, 4.69) is 13.8 Å². The molecule has 0 heterocycles. The van der Waals surface area contributed by atoms with Gasteiger partial charge < -0.3 is 9.47 Å². The number of para-hydroxylation sites is 1. The Hall–Kier alpha value is -1.18. The minimum atomic E-state index is 0.653. The van der Waals surface area contributed by atoms with Crippen molar-refractivity contribution in [3.63, 3.8) is 0 Å². The topological polar surface area (TPSA) is 18.5 Å². The summed E-state index contributed by atoms with van der Waals surface area (Å²) in [4.78, 5) is 0. The fourth-order valence-electron chi connectivity index (χ4n) is 1.36. The third-order valence-corrected chi connectivity index (χ3v) is 2.03. The highest BCUT2D eigenvalue weighted by molar-refractivity contribution is 5.51. The van der Waals surface area contributed by atoms with E-state index in [-0.39, 0.29) is 0 Å². The number of rotatable bonds is 4. The highest BCUT2D eigenvalue weighted by Crippen LogP contribution is 2.34. The quantitative estimate of drug-likeness (QED) is 0.731. The van der Waals surface area contributed by atoms with Crippen LogP contribution in [0.15, 0.2) is 18.2 Å². The van der Waals surface area contributed by atoms with E-state index in [4.69, 9.17) is 9.47 Å². The molecule has 1 radical (unpaired) electrons. The molecule has 0 atom stereocenters. The Morgan fingerprint density at radius 3 is 2.50 bits per heavy atom. The van der Waals surface area contributed by atoms with Crippen LogP contribution in [-0.4, -0.2) is 13.7 Å². The van der Waals surface area contributed by atoms with Gasteiger partial charge in [0, 0.05) is 11.5 Å². The Bertz CT molecular complexity index is 292. The first-order chi connectivity index (χ1) is 6.70. The van der Waals surface area contributed by atoms with Gasteiger partial charge in [-0.15, -0.1) is 0 Å². The molecular weight excluding hydrogens is 176 g/mol. The van der Waals surface area contributed by atoms with E-state index in [1.54, 1.807) is 7.11 Å². The van der Waals surface area contributed by atoms with E-state index < -0.39 is 0 Å². The SMILES string of the molecule is CCOc1c(OC)cccc1[C](C)C. The Morgan fingerprint density at radius 1 is 1.29 bits per heavy atom. The van der Waals surface area contributed by atoms with Crippen LogP contribution >= 0.6 is 0 Å². The highest BCUT2D eigenvalue weighted by Gasteiger charge is 2.12. The molecule has 0 unspecified atom stereocenters. The van der Waals surface area contributed by atoms with Gasteiger partial charge in [0.15, 0.2) is 11.5 Å². The summed E-state index contributed by atoms with van der Waals surface area (Å²) < 4.78 is 10.8. The third-order valence-electron chi connectivity index (χ3n) is 2.03. The first-order valence-electron chi connectivity index (χ1n) is 4.81. The highest BCUT2D eigenvalue weighted by atomic mass is 16.5. The van der Waals surface area contributed by atoms with Crippen molar-refractivity contribution in [1.82, 2.24) is 0 Å². The summed E-state index contributed by atoms with van der Waals surface area (Å²) in [6.07, 6.45) is 0. The predicted molar refractivity (Wildman–Crippen MR) is 57.9 cm³/mol. The van der Waals surface area contributed by atoms with Gasteiger partial charge in [-0.1, -0.05) is 26.0 Å². The standard InChI is InChI=1S/C12H17O2/c1-5-14-12-10(9(2)3)7-6-8-11(12)13-4/h6-8H,5H2,1-4H3. The zero-order valence-electron chi connectivity index (χ0n) is 9.26. The molecule has 0 aliphatic carbocycles. The molecule has 0 fully saturated rings. The minimum absolute atomic E-state index is 0.653. The summed E-state index contributed by atoms with van der Waals surface area (Å²) in [7, 11) is 1.66. The summed E-state index contributed by atoms with van der Waals surface area (Å²) in [5, 5.41) is 0. The van der Waals surface area contributed by atoms with Crippen LogP contribution in [0.5, 0.6) is 11.5 Å². The molecular formula is C12H17O2. The summed E-state index contributed by atoms with van der Waals surface area (Å²) in [5.74, 6) is 2.87. The molecule has 0 N–H and O–H groups in total. The van der Waals surface area contributed by atoms with Crippen molar-refractivity contribution in [3.8, 4) is 11.5 Å². The van der Waals surface area contributed by atoms with Crippen molar-refractivity contribution < 1.29 is 9.47 Å². The van der Waals surface area contributed by atoms with E-state index in [1.165, 1.54) is 5.92 Å². The number of hydrogen-bond donors (Lipinski definition) is 0. The first kappa shape index (κ1) is 10.9. The van der Waals surface area contributed by atoms with Crippen LogP contribution in [-0.2, 0) is 0 Å². The molecule has 14 heavy (non-hydrogen) atoms.